The number of carbonyl (C=O) groups is 1. The maximum absolute atomic E-state index is 13.8. The van der Waals surface area contributed by atoms with Gasteiger partial charge in [0.05, 0.1) is 36.4 Å². The molecule has 3 aromatic rings. The molecule has 1 unspecified atom stereocenters. The van der Waals surface area contributed by atoms with Crippen molar-refractivity contribution in [2.45, 2.75) is 36.9 Å². The summed E-state index contributed by atoms with van der Waals surface area (Å²) in [4.78, 5) is 15.2. The van der Waals surface area contributed by atoms with Crippen LogP contribution in [0.1, 0.15) is 36.9 Å². The molecule has 1 N–H and O–H groups in total. The van der Waals surface area contributed by atoms with Gasteiger partial charge in [0.15, 0.2) is 11.5 Å². The van der Waals surface area contributed by atoms with Crippen LogP contribution in [0.2, 0.25) is 0 Å². The number of halogens is 3. The molecule has 12 heteroatoms. The number of carbonyl (C=O) groups excluding carboxylic acids is 1. The molecule has 0 radical (unpaired) electrons. The number of rotatable bonds is 10. The smallest absolute Gasteiger partial charge is 0.416 e. The van der Waals surface area contributed by atoms with Crippen LogP contribution in [0.3, 0.4) is 0 Å². The fourth-order valence-corrected chi connectivity index (χ4v) is 6.14. The molecule has 220 valence electrons. The maximum Gasteiger partial charge on any atom is 0.416 e. The van der Waals surface area contributed by atoms with E-state index in [1.165, 1.54) is 38.5 Å². The number of ether oxygens (including phenoxy) is 2. The molecule has 0 spiro atoms. The summed E-state index contributed by atoms with van der Waals surface area (Å²) < 4.78 is 79.1. The molecule has 0 bridgehead atoms. The van der Waals surface area contributed by atoms with Crippen molar-refractivity contribution in [2.24, 2.45) is 0 Å². The molecule has 1 aliphatic heterocycles. The van der Waals surface area contributed by atoms with Gasteiger partial charge in [0.25, 0.3) is 10.0 Å². The fourth-order valence-electron chi connectivity index (χ4n) is 4.71. The quantitative estimate of drug-likeness (QED) is 0.340. The van der Waals surface area contributed by atoms with Gasteiger partial charge in [-0.25, -0.2) is 8.42 Å². The lowest BCUT2D eigenvalue weighted by molar-refractivity contribution is -0.137. The number of nitrogens with zero attached hydrogens (tertiary/aromatic N) is 2. The van der Waals surface area contributed by atoms with E-state index < -0.39 is 40.3 Å². The molecule has 1 aliphatic rings. The summed E-state index contributed by atoms with van der Waals surface area (Å²) in [6.07, 6.45) is -2.43. The van der Waals surface area contributed by atoms with Gasteiger partial charge < -0.3 is 19.7 Å². The Balaban J connectivity index is 1.62. The molecule has 1 fully saturated rings. The molecule has 0 saturated carbocycles. The predicted molar refractivity (Wildman–Crippen MR) is 150 cm³/mol. The fraction of sp³-hybridized carbons (Fsp3) is 0.345. The Labute approximate surface area is 237 Å². The molecule has 41 heavy (non-hydrogen) atoms. The second-order valence-corrected chi connectivity index (χ2v) is 11.5. The third-order valence-corrected chi connectivity index (χ3v) is 8.70. The molecule has 4 rings (SSSR count). The number of hydrogen-bond donors (Lipinski definition) is 1. The van der Waals surface area contributed by atoms with Crippen LogP contribution < -0.4 is 24.0 Å². The average molecular weight is 592 g/mol. The van der Waals surface area contributed by atoms with Gasteiger partial charge in [0.2, 0.25) is 5.91 Å². The standard InChI is InChI=1S/C29H32F3N3O5S/c1-20(21-9-11-23(12-10-21)34-15-4-5-16-34)33-28(36)19-35(24-8-6-7-22(17-24)29(30,31)32)41(37,38)25-13-14-26(39-2)27(18-25)40-3/h6-14,17-18,20H,4-5,15-16,19H2,1-3H3,(H,33,36). The van der Waals surface area contributed by atoms with Gasteiger partial charge in [-0.05, 0) is 67.8 Å². The highest BCUT2D eigenvalue weighted by Gasteiger charge is 2.34. The minimum absolute atomic E-state index is 0.105. The van der Waals surface area contributed by atoms with Crippen LogP contribution in [0.5, 0.6) is 11.5 Å². The Bertz CT molecular complexity index is 1470. The second kappa shape index (κ2) is 12.3. The third-order valence-electron chi connectivity index (χ3n) is 6.93. The van der Waals surface area contributed by atoms with Gasteiger partial charge in [0.1, 0.15) is 6.54 Å². The van der Waals surface area contributed by atoms with Crippen molar-refractivity contribution in [3.63, 3.8) is 0 Å². The Morgan fingerprint density at radius 1 is 0.976 bits per heavy atom. The summed E-state index contributed by atoms with van der Waals surface area (Å²) in [6.45, 7) is 2.98. The van der Waals surface area contributed by atoms with E-state index in [4.69, 9.17) is 9.47 Å². The van der Waals surface area contributed by atoms with E-state index in [1.807, 2.05) is 24.3 Å². The first-order chi connectivity index (χ1) is 19.4. The molecule has 8 nitrogen and oxygen atoms in total. The van der Waals surface area contributed by atoms with Crippen LogP contribution in [-0.4, -0.2) is 48.2 Å². The number of amides is 1. The molecular weight excluding hydrogens is 559 g/mol. The second-order valence-electron chi connectivity index (χ2n) is 9.65. The summed E-state index contributed by atoms with van der Waals surface area (Å²) in [7, 11) is -1.81. The lowest BCUT2D eigenvalue weighted by Crippen LogP contribution is -2.41. The monoisotopic (exact) mass is 591 g/mol. The van der Waals surface area contributed by atoms with Crippen LogP contribution in [0, 0.1) is 0 Å². The van der Waals surface area contributed by atoms with Crippen molar-refractivity contribution in [2.75, 3.05) is 43.1 Å². The minimum atomic E-state index is -4.72. The van der Waals surface area contributed by atoms with Gasteiger partial charge in [-0.1, -0.05) is 18.2 Å². The number of alkyl halides is 3. The Morgan fingerprint density at radius 2 is 1.63 bits per heavy atom. The van der Waals surface area contributed by atoms with Crippen LogP contribution in [0.25, 0.3) is 0 Å². The lowest BCUT2D eigenvalue weighted by atomic mass is 10.1. The van der Waals surface area contributed by atoms with E-state index in [2.05, 4.69) is 10.2 Å². The van der Waals surface area contributed by atoms with Gasteiger partial charge in [-0.15, -0.1) is 0 Å². The van der Waals surface area contributed by atoms with Crippen molar-refractivity contribution in [3.8, 4) is 11.5 Å². The molecule has 3 aromatic carbocycles. The molecule has 1 amide bonds. The Morgan fingerprint density at radius 3 is 2.24 bits per heavy atom. The summed E-state index contributed by atoms with van der Waals surface area (Å²) in [5, 5.41) is 2.77. The van der Waals surface area contributed by atoms with Crippen LogP contribution in [0.15, 0.2) is 71.6 Å². The van der Waals surface area contributed by atoms with Crippen molar-refractivity contribution >= 4 is 27.3 Å². The zero-order valence-corrected chi connectivity index (χ0v) is 23.8. The van der Waals surface area contributed by atoms with E-state index >= 15 is 0 Å². The van der Waals surface area contributed by atoms with E-state index in [0.29, 0.717) is 10.4 Å². The minimum Gasteiger partial charge on any atom is -0.493 e. The van der Waals surface area contributed by atoms with Gasteiger partial charge >= 0.3 is 6.18 Å². The Hall–Kier alpha value is -3.93. The largest absolute Gasteiger partial charge is 0.493 e. The van der Waals surface area contributed by atoms with Gasteiger partial charge in [-0.2, -0.15) is 13.2 Å². The molecule has 0 aromatic heterocycles. The maximum atomic E-state index is 13.8. The first-order valence-electron chi connectivity index (χ1n) is 13.0. The summed E-state index contributed by atoms with van der Waals surface area (Å²) in [5.74, 6) is -0.324. The van der Waals surface area contributed by atoms with Crippen molar-refractivity contribution in [3.05, 3.63) is 77.9 Å². The average Bonchev–Trinajstić information content (AvgIpc) is 3.50. The van der Waals surface area contributed by atoms with Crippen LogP contribution >= 0.6 is 0 Å². The van der Waals surface area contributed by atoms with Crippen LogP contribution in [-0.2, 0) is 21.0 Å². The molecule has 1 atom stereocenters. The van der Waals surface area contributed by atoms with Crippen molar-refractivity contribution in [1.82, 2.24) is 5.32 Å². The SMILES string of the molecule is COc1ccc(S(=O)(=O)N(CC(=O)NC(C)c2ccc(N3CCCC3)cc2)c2cccc(C(F)(F)F)c2)cc1OC. The zero-order valence-electron chi connectivity index (χ0n) is 22.9. The first-order valence-corrected chi connectivity index (χ1v) is 14.4. The normalized spacial score (nSPS) is 14.4. The third kappa shape index (κ3) is 6.87. The molecule has 1 heterocycles. The summed E-state index contributed by atoms with van der Waals surface area (Å²) in [5.41, 5.74) is 0.526. The van der Waals surface area contributed by atoms with Gasteiger partial charge in [0, 0.05) is 24.8 Å². The first kappa shape index (κ1) is 30.0. The molecular formula is C29H32F3N3O5S. The summed E-state index contributed by atoms with van der Waals surface area (Å²) in [6, 6.07) is 14.9. The van der Waals surface area contributed by atoms with E-state index in [9.17, 15) is 26.4 Å². The van der Waals surface area contributed by atoms with Crippen molar-refractivity contribution < 1.29 is 35.9 Å². The zero-order chi connectivity index (χ0) is 29.8. The number of anilines is 2. The molecule has 1 saturated heterocycles. The van der Waals surface area contributed by atoms with E-state index in [0.717, 1.165) is 49.3 Å². The number of nitrogens with one attached hydrogen (secondary N) is 1. The lowest BCUT2D eigenvalue weighted by Gasteiger charge is -2.26. The number of benzene rings is 3. The highest BCUT2D eigenvalue weighted by Crippen LogP contribution is 2.35. The topological polar surface area (TPSA) is 88.2 Å². The Kier molecular flexibility index (Phi) is 9.01. The molecule has 0 aliphatic carbocycles. The highest BCUT2D eigenvalue weighted by atomic mass is 32.2. The predicted octanol–water partition coefficient (Wildman–Crippen LogP) is 5.40. The van der Waals surface area contributed by atoms with E-state index in [1.54, 1.807) is 6.92 Å². The number of hydrogen-bond acceptors (Lipinski definition) is 6. The highest BCUT2D eigenvalue weighted by molar-refractivity contribution is 7.92. The number of sulfonamides is 1. The van der Waals surface area contributed by atoms with Crippen LogP contribution in [0.4, 0.5) is 24.5 Å². The van der Waals surface area contributed by atoms with Crippen molar-refractivity contribution in [1.29, 1.82) is 0 Å². The number of methoxy groups -OCH3 is 2. The van der Waals surface area contributed by atoms with Gasteiger partial charge in [-0.3, -0.25) is 9.10 Å². The summed E-state index contributed by atoms with van der Waals surface area (Å²) >= 11 is 0. The van der Waals surface area contributed by atoms with E-state index in [-0.39, 0.29) is 22.1 Å².